The Hall–Kier alpha value is -2.86. The van der Waals surface area contributed by atoms with Crippen molar-refractivity contribution in [1.29, 1.82) is 0 Å². The van der Waals surface area contributed by atoms with Gasteiger partial charge in [0.2, 0.25) is 0 Å². The van der Waals surface area contributed by atoms with E-state index >= 15 is 0 Å². The average molecular weight is 362 g/mol. The first-order valence-electron chi connectivity index (χ1n) is 8.38. The van der Waals surface area contributed by atoms with E-state index in [1.165, 1.54) is 22.9 Å². The summed E-state index contributed by atoms with van der Waals surface area (Å²) in [5.74, 6) is 0. The molecule has 1 N–H and O–H groups in total. The van der Waals surface area contributed by atoms with E-state index in [1.54, 1.807) is 10.9 Å². The zero-order valence-electron chi connectivity index (χ0n) is 14.5. The van der Waals surface area contributed by atoms with Crippen molar-refractivity contribution < 1.29 is 0 Å². The number of nitrogens with one attached hydrogen (secondary N) is 1. The molecule has 0 aliphatic carbocycles. The van der Waals surface area contributed by atoms with Crippen LogP contribution in [0.2, 0.25) is 0 Å². The molecule has 0 amide bonds. The second kappa shape index (κ2) is 6.80. The Kier molecular flexibility index (Phi) is 4.34. The van der Waals surface area contributed by atoms with Gasteiger partial charge in [-0.2, -0.15) is 5.10 Å². The Morgan fingerprint density at radius 2 is 1.81 bits per heavy atom. The number of hydrogen-bond donors (Lipinski definition) is 1. The maximum absolute atomic E-state index is 12.5. The summed E-state index contributed by atoms with van der Waals surface area (Å²) in [4.78, 5) is 20.0. The average Bonchev–Trinajstić information content (AvgIpc) is 3.07. The van der Waals surface area contributed by atoms with Crippen LogP contribution in [-0.4, -0.2) is 19.7 Å². The number of nitrogens with zero attached hydrogens (tertiary/aromatic N) is 3. The standard InChI is InChI=1S/C20H18N4OS/c1-13-8-10-16(11-9-13)24-18-17(12-21-24)19(25)23-20(22-18)26-14(2)15-6-4-3-5-7-15/h3-12,14H,1-2H3,(H,22,23,25)/t14-/m0/s1. The van der Waals surface area contributed by atoms with Crippen LogP contribution in [0, 0.1) is 6.92 Å². The zero-order chi connectivity index (χ0) is 18.1. The SMILES string of the molecule is Cc1ccc(-n2ncc3c(=O)[nH]c(S[C@@H](C)c4ccccc4)nc32)cc1. The van der Waals surface area contributed by atoms with Crippen molar-refractivity contribution in [1.82, 2.24) is 19.7 Å². The van der Waals surface area contributed by atoms with Crippen molar-refractivity contribution in [3.63, 3.8) is 0 Å². The molecule has 2 heterocycles. The van der Waals surface area contributed by atoms with Gasteiger partial charge in [-0.25, -0.2) is 9.67 Å². The molecule has 2 aromatic carbocycles. The largest absolute Gasteiger partial charge is 0.301 e. The van der Waals surface area contributed by atoms with Gasteiger partial charge in [0.15, 0.2) is 10.8 Å². The molecule has 1 atom stereocenters. The van der Waals surface area contributed by atoms with E-state index in [1.807, 2.05) is 49.4 Å². The summed E-state index contributed by atoms with van der Waals surface area (Å²) in [7, 11) is 0. The highest BCUT2D eigenvalue weighted by Gasteiger charge is 2.14. The van der Waals surface area contributed by atoms with Gasteiger partial charge in [0, 0.05) is 5.25 Å². The van der Waals surface area contributed by atoms with E-state index in [9.17, 15) is 4.79 Å². The molecule has 0 bridgehead atoms. The summed E-state index contributed by atoms with van der Waals surface area (Å²) >= 11 is 1.53. The molecule has 5 nitrogen and oxygen atoms in total. The fraction of sp³-hybridized carbons (Fsp3) is 0.150. The number of aromatic nitrogens is 4. The van der Waals surface area contributed by atoms with E-state index in [0.29, 0.717) is 16.2 Å². The first-order chi connectivity index (χ1) is 12.6. The maximum atomic E-state index is 12.5. The summed E-state index contributed by atoms with van der Waals surface area (Å²) in [5.41, 5.74) is 3.64. The highest BCUT2D eigenvalue weighted by molar-refractivity contribution is 7.99. The minimum Gasteiger partial charge on any atom is -0.301 e. The van der Waals surface area contributed by atoms with Gasteiger partial charge in [0.05, 0.1) is 11.9 Å². The zero-order valence-corrected chi connectivity index (χ0v) is 15.3. The molecule has 0 saturated heterocycles. The van der Waals surface area contributed by atoms with Crippen LogP contribution in [0.1, 0.15) is 23.3 Å². The maximum Gasteiger partial charge on any atom is 0.262 e. The molecular weight excluding hydrogens is 344 g/mol. The Morgan fingerprint density at radius 3 is 2.54 bits per heavy atom. The van der Waals surface area contributed by atoms with E-state index in [-0.39, 0.29) is 10.8 Å². The van der Waals surface area contributed by atoms with E-state index in [4.69, 9.17) is 0 Å². The first kappa shape index (κ1) is 16.6. The molecule has 0 aliphatic heterocycles. The molecule has 2 aromatic heterocycles. The van der Waals surface area contributed by atoms with Crippen LogP contribution in [-0.2, 0) is 0 Å². The Labute approximate surface area is 155 Å². The summed E-state index contributed by atoms with van der Waals surface area (Å²) < 4.78 is 1.71. The van der Waals surface area contributed by atoms with Crippen molar-refractivity contribution in [3.8, 4) is 5.69 Å². The van der Waals surface area contributed by atoms with Crippen LogP contribution >= 0.6 is 11.8 Å². The predicted molar refractivity (Wildman–Crippen MR) is 105 cm³/mol. The van der Waals surface area contributed by atoms with Crippen LogP contribution in [0.25, 0.3) is 16.7 Å². The molecule has 0 saturated carbocycles. The van der Waals surface area contributed by atoms with Gasteiger partial charge in [0.25, 0.3) is 5.56 Å². The normalized spacial score (nSPS) is 12.4. The molecule has 26 heavy (non-hydrogen) atoms. The van der Waals surface area contributed by atoms with Gasteiger partial charge in [0.1, 0.15) is 5.39 Å². The lowest BCUT2D eigenvalue weighted by Gasteiger charge is -2.11. The molecule has 0 radical (unpaired) electrons. The molecule has 0 spiro atoms. The number of fused-ring (bicyclic) bond motifs is 1. The fourth-order valence-corrected chi connectivity index (χ4v) is 3.71. The molecule has 0 unspecified atom stereocenters. The van der Waals surface area contributed by atoms with Crippen molar-refractivity contribution in [2.24, 2.45) is 0 Å². The monoisotopic (exact) mass is 362 g/mol. The minimum absolute atomic E-state index is 0.170. The van der Waals surface area contributed by atoms with Crippen molar-refractivity contribution in [2.75, 3.05) is 0 Å². The topological polar surface area (TPSA) is 63.6 Å². The lowest BCUT2D eigenvalue weighted by molar-refractivity contribution is 0.870. The summed E-state index contributed by atoms with van der Waals surface area (Å²) in [6.45, 7) is 4.13. The highest BCUT2D eigenvalue weighted by Crippen LogP contribution is 2.32. The van der Waals surface area contributed by atoms with E-state index in [0.717, 1.165) is 5.69 Å². The fourth-order valence-electron chi connectivity index (χ4n) is 2.79. The Morgan fingerprint density at radius 1 is 1.08 bits per heavy atom. The molecule has 4 aromatic rings. The number of benzene rings is 2. The number of H-pyrrole nitrogens is 1. The number of thioether (sulfide) groups is 1. The third kappa shape index (κ3) is 3.15. The Bertz CT molecular complexity index is 1100. The number of aromatic amines is 1. The van der Waals surface area contributed by atoms with Gasteiger partial charge >= 0.3 is 0 Å². The molecular formula is C20H18N4OS. The highest BCUT2D eigenvalue weighted by atomic mass is 32.2. The van der Waals surface area contributed by atoms with E-state index < -0.39 is 0 Å². The van der Waals surface area contributed by atoms with Crippen LogP contribution in [0.4, 0.5) is 0 Å². The van der Waals surface area contributed by atoms with Crippen LogP contribution in [0.3, 0.4) is 0 Å². The van der Waals surface area contributed by atoms with Gasteiger partial charge in [-0.05, 0) is 31.5 Å². The van der Waals surface area contributed by atoms with E-state index in [2.05, 4.69) is 34.1 Å². The lowest BCUT2D eigenvalue weighted by Crippen LogP contribution is -2.10. The number of aryl methyl sites for hydroxylation is 1. The van der Waals surface area contributed by atoms with Crippen molar-refractivity contribution in [3.05, 3.63) is 82.3 Å². The summed E-state index contributed by atoms with van der Waals surface area (Å²) in [6.07, 6.45) is 1.57. The third-order valence-electron chi connectivity index (χ3n) is 4.25. The molecule has 6 heteroatoms. The smallest absolute Gasteiger partial charge is 0.262 e. The van der Waals surface area contributed by atoms with Gasteiger partial charge in [-0.3, -0.25) is 4.79 Å². The van der Waals surface area contributed by atoms with Crippen LogP contribution < -0.4 is 5.56 Å². The van der Waals surface area contributed by atoms with Gasteiger partial charge in [-0.15, -0.1) is 0 Å². The minimum atomic E-state index is -0.170. The first-order valence-corrected chi connectivity index (χ1v) is 9.26. The van der Waals surface area contributed by atoms with Crippen LogP contribution in [0.5, 0.6) is 0 Å². The second-order valence-corrected chi connectivity index (χ2v) is 7.50. The molecule has 4 rings (SSSR count). The quantitative estimate of drug-likeness (QED) is 0.435. The second-order valence-electron chi connectivity index (χ2n) is 6.17. The lowest BCUT2D eigenvalue weighted by atomic mass is 10.2. The van der Waals surface area contributed by atoms with Crippen molar-refractivity contribution >= 4 is 22.8 Å². The molecule has 130 valence electrons. The predicted octanol–water partition coefficient (Wildman–Crippen LogP) is 4.27. The van der Waals surface area contributed by atoms with Crippen LogP contribution in [0.15, 0.2) is 70.7 Å². The Balaban J connectivity index is 1.74. The number of rotatable bonds is 4. The summed E-state index contributed by atoms with van der Waals surface area (Å²) in [6, 6.07) is 18.2. The van der Waals surface area contributed by atoms with Crippen molar-refractivity contribution in [2.45, 2.75) is 24.3 Å². The number of hydrogen-bond acceptors (Lipinski definition) is 4. The van der Waals surface area contributed by atoms with Gasteiger partial charge in [-0.1, -0.05) is 59.8 Å². The molecule has 0 aliphatic rings. The summed E-state index contributed by atoms with van der Waals surface area (Å²) in [5, 5.41) is 5.61. The van der Waals surface area contributed by atoms with Gasteiger partial charge < -0.3 is 4.98 Å². The third-order valence-corrected chi connectivity index (χ3v) is 5.29. The molecule has 0 fully saturated rings.